The first kappa shape index (κ1) is 15.5. The zero-order valence-corrected chi connectivity index (χ0v) is 12.9. The largest absolute Gasteiger partial charge is 0.350 e. The molecule has 0 bridgehead atoms. The monoisotopic (exact) mass is 288 g/mol. The van der Waals surface area contributed by atoms with Crippen molar-refractivity contribution in [2.75, 3.05) is 6.54 Å². The molecule has 0 aliphatic heterocycles. The molecule has 2 rings (SSSR count). The minimum atomic E-state index is -0.174. The van der Waals surface area contributed by atoms with Gasteiger partial charge in [0.25, 0.3) is 0 Å². The highest BCUT2D eigenvalue weighted by molar-refractivity contribution is 5.84. The van der Waals surface area contributed by atoms with Crippen molar-refractivity contribution < 1.29 is 4.92 Å². The quantitative estimate of drug-likeness (QED) is 0.407. The van der Waals surface area contributed by atoms with E-state index in [4.69, 9.17) is 0 Å². The zero-order chi connectivity index (χ0) is 15.2. The first-order valence-corrected chi connectivity index (χ1v) is 7.79. The highest BCUT2D eigenvalue weighted by Gasteiger charge is 2.21. The van der Waals surface area contributed by atoms with Crippen LogP contribution < -0.4 is 0 Å². The van der Waals surface area contributed by atoms with Crippen molar-refractivity contribution in [3.05, 3.63) is 46.1 Å². The van der Waals surface area contributed by atoms with Gasteiger partial charge in [-0.15, -0.1) is 0 Å². The normalized spacial score (nSPS) is 12.7. The summed E-state index contributed by atoms with van der Waals surface area (Å²) in [4.78, 5) is 10.8. The standard InChI is InChI=1S/C17H24N2O2/c1-3-4-5-6-9-14(12-19(20)21)16-13-18(2)17-11-8-7-10-15(16)17/h7-8,10-11,13-14H,3-6,9,12H2,1-2H3/t14-/m1/s1. The third kappa shape index (κ3) is 3.84. The molecule has 1 atom stereocenters. The van der Waals surface area contributed by atoms with E-state index < -0.39 is 0 Å². The second kappa shape index (κ2) is 7.25. The van der Waals surface area contributed by atoms with Gasteiger partial charge in [-0.25, -0.2) is 0 Å². The third-order valence-corrected chi connectivity index (χ3v) is 4.14. The number of unbranched alkanes of at least 4 members (excludes halogenated alkanes) is 3. The highest BCUT2D eigenvalue weighted by Crippen LogP contribution is 2.31. The van der Waals surface area contributed by atoms with Gasteiger partial charge in [-0.05, 0) is 18.1 Å². The van der Waals surface area contributed by atoms with E-state index in [1.807, 2.05) is 19.2 Å². The summed E-state index contributed by atoms with van der Waals surface area (Å²) in [5, 5.41) is 12.2. The minimum absolute atomic E-state index is 0.0166. The summed E-state index contributed by atoms with van der Waals surface area (Å²) < 4.78 is 2.07. The fourth-order valence-corrected chi connectivity index (χ4v) is 3.04. The van der Waals surface area contributed by atoms with E-state index in [-0.39, 0.29) is 17.4 Å². The molecule has 0 radical (unpaired) electrons. The summed E-state index contributed by atoms with van der Waals surface area (Å²) in [5.41, 5.74) is 2.27. The molecule has 2 aromatic rings. The lowest BCUT2D eigenvalue weighted by Gasteiger charge is -2.12. The van der Waals surface area contributed by atoms with Crippen molar-refractivity contribution >= 4 is 10.9 Å². The Balaban J connectivity index is 2.23. The molecule has 0 amide bonds. The molecule has 0 spiro atoms. The summed E-state index contributed by atoms with van der Waals surface area (Å²) in [6.45, 7) is 2.21. The number of hydrogen-bond donors (Lipinski definition) is 0. The fraction of sp³-hybridized carbons (Fsp3) is 0.529. The highest BCUT2D eigenvalue weighted by atomic mass is 16.6. The number of aryl methyl sites for hydroxylation is 1. The Morgan fingerprint density at radius 1 is 1.24 bits per heavy atom. The lowest BCUT2D eigenvalue weighted by atomic mass is 9.92. The molecular weight excluding hydrogens is 264 g/mol. The number of benzene rings is 1. The zero-order valence-electron chi connectivity index (χ0n) is 12.9. The maximum Gasteiger partial charge on any atom is 0.210 e. The van der Waals surface area contributed by atoms with Gasteiger partial charge in [-0.2, -0.15) is 0 Å². The number of hydrogen-bond acceptors (Lipinski definition) is 2. The van der Waals surface area contributed by atoms with Crippen LogP contribution in [-0.2, 0) is 7.05 Å². The van der Waals surface area contributed by atoms with Crippen molar-refractivity contribution in [2.24, 2.45) is 7.05 Å². The molecule has 114 valence electrons. The average Bonchev–Trinajstić information content (AvgIpc) is 2.80. The summed E-state index contributed by atoms with van der Waals surface area (Å²) in [6, 6.07) is 8.16. The number of nitrogens with zero attached hydrogens (tertiary/aromatic N) is 2. The Bertz CT molecular complexity index is 604. The molecule has 1 aromatic carbocycles. The van der Waals surface area contributed by atoms with Crippen molar-refractivity contribution in [1.82, 2.24) is 4.57 Å². The molecule has 0 saturated heterocycles. The summed E-state index contributed by atoms with van der Waals surface area (Å²) in [5.74, 6) is 0.0166. The van der Waals surface area contributed by atoms with Crippen LogP contribution in [0.2, 0.25) is 0 Å². The van der Waals surface area contributed by atoms with E-state index in [0.29, 0.717) is 0 Å². The molecule has 1 aromatic heterocycles. The first-order chi connectivity index (χ1) is 10.1. The Morgan fingerprint density at radius 3 is 2.71 bits per heavy atom. The lowest BCUT2D eigenvalue weighted by molar-refractivity contribution is -0.483. The van der Waals surface area contributed by atoms with E-state index in [1.165, 1.54) is 12.8 Å². The van der Waals surface area contributed by atoms with Crippen LogP contribution in [0.1, 0.15) is 50.5 Å². The summed E-state index contributed by atoms with van der Waals surface area (Å²) in [7, 11) is 2.01. The van der Waals surface area contributed by atoms with Crippen LogP contribution in [0.4, 0.5) is 0 Å². The number of nitro groups is 1. The molecule has 0 fully saturated rings. The Labute approximate surface area is 125 Å². The van der Waals surface area contributed by atoms with E-state index >= 15 is 0 Å². The van der Waals surface area contributed by atoms with E-state index in [1.54, 1.807) is 0 Å². The molecule has 21 heavy (non-hydrogen) atoms. The van der Waals surface area contributed by atoms with Crippen LogP contribution in [0.3, 0.4) is 0 Å². The smallest absolute Gasteiger partial charge is 0.210 e. The molecule has 0 N–H and O–H groups in total. The van der Waals surface area contributed by atoms with Gasteiger partial charge < -0.3 is 4.57 Å². The Kier molecular flexibility index (Phi) is 5.37. The van der Waals surface area contributed by atoms with Gasteiger partial charge in [0, 0.05) is 29.1 Å². The van der Waals surface area contributed by atoms with Gasteiger partial charge in [-0.1, -0.05) is 50.8 Å². The van der Waals surface area contributed by atoms with Crippen molar-refractivity contribution in [1.29, 1.82) is 0 Å². The number of fused-ring (bicyclic) bond motifs is 1. The van der Waals surface area contributed by atoms with Gasteiger partial charge in [-0.3, -0.25) is 10.1 Å². The minimum Gasteiger partial charge on any atom is -0.350 e. The van der Waals surface area contributed by atoms with Crippen LogP contribution in [0.5, 0.6) is 0 Å². The van der Waals surface area contributed by atoms with E-state index in [9.17, 15) is 10.1 Å². The summed E-state index contributed by atoms with van der Waals surface area (Å²) in [6.07, 6.45) is 7.59. The van der Waals surface area contributed by atoms with Gasteiger partial charge >= 0.3 is 0 Å². The predicted octanol–water partition coefficient (Wildman–Crippen LogP) is 4.51. The van der Waals surface area contributed by atoms with Crippen molar-refractivity contribution in [2.45, 2.75) is 44.9 Å². The molecular formula is C17H24N2O2. The Morgan fingerprint density at radius 2 is 2.00 bits per heavy atom. The maximum absolute atomic E-state index is 11.0. The molecule has 0 saturated carbocycles. The van der Waals surface area contributed by atoms with Crippen LogP contribution in [0.15, 0.2) is 30.5 Å². The summed E-state index contributed by atoms with van der Waals surface area (Å²) >= 11 is 0. The van der Waals surface area contributed by atoms with Crippen molar-refractivity contribution in [3.8, 4) is 0 Å². The van der Waals surface area contributed by atoms with E-state index in [2.05, 4.69) is 29.8 Å². The maximum atomic E-state index is 11.0. The van der Waals surface area contributed by atoms with Crippen LogP contribution in [0.25, 0.3) is 10.9 Å². The van der Waals surface area contributed by atoms with Gasteiger partial charge in [0.2, 0.25) is 6.54 Å². The SMILES string of the molecule is CCCCCC[C@H](C[N+](=O)[O-])c1cn(C)c2ccccc12. The lowest BCUT2D eigenvalue weighted by Crippen LogP contribution is -2.12. The second-order valence-corrected chi connectivity index (χ2v) is 5.77. The van der Waals surface area contributed by atoms with Gasteiger partial charge in [0.1, 0.15) is 0 Å². The Hall–Kier alpha value is -1.84. The van der Waals surface area contributed by atoms with Gasteiger partial charge in [0.15, 0.2) is 0 Å². The van der Waals surface area contributed by atoms with Crippen LogP contribution >= 0.6 is 0 Å². The topological polar surface area (TPSA) is 48.1 Å². The second-order valence-electron chi connectivity index (χ2n) is 5.77. The van der Waals surface area contributed by atoms with E-state index in [0.717, 1.165) is 35.7 Å². The molecule has 4 heteroatoms. The first-order valence-electron chi connectivity index (χ1n) is 7.79. The van der Waals surface area contributed by atoms with Crippen LogP contribution in [-0.4, -0.2) is 16.0 Å². The molecule has 1 heterocycles. The fourth-order valence-electron chi connectivity index (χ4n) is 3.04. The van der Waals surface area contributed by atoms with Crippen LogP contribution in [0, 0.1) is 10.1 Å². The number of para-hydroxylation sites is 1. The van der Waals surface area contributed by atoms with Gasteiger partial charge in [0.05, 0.1) is 5.92 Å². The average molecular weight is 288 g/mol. The predicted molar refractivity (Wildman–Crippen MR) is 86.3 cm³/mol. The van der Waals surface area contributed by atoms with Crippen molar-refractivity contribution in [3.63, 3.8) is 0 Å². The number of rotatable bonds is 8. The molecule has 0 aliphatic rings. The molecule has 4 nitrogen and oxygen atoms in total. The third-order valence-electron chi connectivity index (χ3n) is 4.14. The number of aromatic nitrogens is 1. The molecule has 0 aliphatic carbocycles. The molecule has 0 unspecified atom stereocenters.